The molecule has 0 aromatic heterocycles. The molecule has 0 bridgehead atoms. The SMILES string of the molecule is COC(=O)[C@@H](CCC#N)NC(=O)[C@H](NC(C)=O)C(C)C. The second-order valence-corrected chi connectivity index (χ2v) is 4.70. The Labute approximate surface area is 118 Å². The summed E-state index contributed by atoms with van der Waals surface area (Å²) in [7, 11) is 1.21. The van der Waals surface area contributed by atoms with Crippen molar-refractivity contribution in [1.29, 1.82) is 5.26 Å². The molecule has 0 aliphatic heterocycles. The van der Waals surface area contributed by atoms with E-state index in [2.05, 4.69) is 15.4 Å². The van der Waals surface area contributed by atoms with Gasteiger partial charge in [0.2, 0.25) is 11.8 Å². The van der Waals surface area contributed by atoms with Crippen LogP contribution in [0.5, 0.6) is 0 Å². The first-order valence-corrected chi connectivity index (χ1v) is 6.35. The topological polar surface area (TPSA) is 108 Å². The Balaban J connectivity index is 4.81. The van der Waals surface area contributed by atoms with Crippen LogP contribution < -0.4 is 10.6 Å². The van der Waals surface area contributed by atoms with Gasteiger partial charge in [-0.05, 0) is 12.3 Å². The lowest BCUT2D eigenvalue weighted by Gasteiger charge is -2.23. The average Bonchev–Trinajstić information content (AvgIpc) is 2.38. The normalized spacial score (nSPS) is 13.0. The van der Waals surface area contributed by atoms with Crippen LogP contribution in [0.3, 0.4) is 0 Å². The zero-order chi connectivity index (χ0) is 15.7. The highest BCUT2D eigenvalue weighted by Gasteiger charge is 2.28. The molecule has 0 rings (SSSR count). The summed E-state index contributed by atoms with van der Waals surface area (Å²) in [5.41, 5.74) is 0. The number of esters is 1. The average molecular weight is 283 g/mol. The molecular formula is C13H21N3O4. The Morgan fingerprint density at radius 2 is 1.85 bits per heavy atom. The fourth-order valence-corrected chi connectivity index (χ4v) is 1.62. The van der Waals surface area contributed by atoms with Crippen LogP contribution in [0.25, 0.3) is 0 Å². The lowest BCUT2D eigenvalue weighted by molar-refractivity contribution is -0.145. The first-order chi connectivity index (χ1) is 9.33. The van der Waals surface area contributed by atoms with E-state index in [0.717, 1.165) is 0 Å². The fraction of sp³-hybridized carbons (Fsp3) is 0.692. The maximum absolute atomic E-state index is 12.1. The second kappa shape index (κ2) is 8.91. The number of nitrogens with zero attached hydrogens (tertiary/aromatic N) is 1. The van der Waals surface area contributed by atoms with Crippen LogP contribution in [-0.4, -0.2) is 37.0 Å². The molecule has 0 saturated carbocycles. The van der Waals surface area contributed by atoms with Crippen LogP contribution in [0.1, 0.15) is 33.6 Å². The van der Waals surface area contributed by atoms with Crippen LogP contribution in [0.2, 0.25) is 0 Å². The van der Waals surface area contributed by atoms with Crippen LogP contribution >= 0.6 is 0 Å². The van der Waals surface area contributed by atoms with Gasteiger partial charge in [0, 0.05) is 13.3 Å². The summed E-state index contributed by atoms with van der Waals surface area (Å²) in [6, 6.07) is 0.284. The lowest BCUT2D eigenvalue weighted by atomic mass is 10.0. The van der Waals surface area contributed by atoms with Crippen molar-refractivity contribution < 1.29 is 19.1 Å². The third kappa shape index (κ3) is 6.18. The number of carbonyl (C=O) groups excluding carboxylic acids is 3. The quantitative estimate of drug-likeness (QED) is 0.645. The number of rotatable bonds is 7. The molecule has 2 amide bonds. The van der Waals surface area contributed by atoms with Gasteiger partial charge in [0.1, 0.15) is 12.1 Å². The maximum atomic E-state index is 12.1. The highest BCUT2D eigenvalue weighted by atomic mass is 16.5. The van der Waals surface area contributed by atoms with Gasteiger partial charge in [-0.25, -0.2) is 4.79 Å². The van der Waals surface area contributed by atoms with Gasteiger partial charge in [-0.3, -0.25) is 9.59 Å². The molecule has 0 aliphatic rings. The minimum Gasteiger partial charge on any atom is -0.467 e. The van der Waals surface area contributed by atoms with Crippen molar-refractivity contribution in [1.82, 2.24) is 10.6 Å². The minimum atomic E-state index is -0.887. The third-order valence-corrected chi connectivity index (χ3v) is 2.65. The van der Waals surface area contributed by atoms with E-state index in [9.17, 15) is 14.4 Å². The molecule has 0 saturated heterocycles. The first kappa shape index (κ1) is 17.9. The summed E-state index contributed by atoms with van der Waals surface area (Å²) in [4.78, 5) is 34.7. The Morgan fingerprint density at radius 1 is 1.25 bits per heavy atom. The van der Waals surface area contributed by atoms with Crippen molar-refractivity contribution >= 4 is 17.8 Å². The molecule has 7 heteroatoms. The Kier molecular flexibility index (Phi) is 7.97. The molecule has 7 nitrogen and oxygen atoms in total. The highest BCUT2D eigenvalue weighted by Crippen LogP contribution is 2.05. The van der Waals surface area contributed by atoms with Crippen molar-refractivity contribution in [2.24, 2.45) is 5.92 Å². The van der Waals surface area contributed by atoms with E-state index in [-0.39, 0.29) is 24.7 Å². The molecular weight excluding hydrogens is 262 g/mol. The molecule has 20 heavy (non-hydrogen) atoms. The van der Waals surface area contributed by atoms with Crippen LogP contribution in [0.4, 0.5) is 0 Å². The van der Waals surface area contributed by atoms with E-state index in [0.29, 0.717) is 0 Å². The number of nitriles is 1. The van der Waals surface area contributed by atoms with Crippen molar-refractivity contribution in [3.63, 3.8) is 0 Å². The van der Waals surface area contributed by atoms with Gasteiger partial charge < -0.3 is 15.4 Å². The fourth-order valence-electron chi connectivity index (χ4n) is 1.62. The molecule has 112 valence electrons. The second-order valence-electron chi connectivity index (χ2n) is 4.70. The van der Waals surface area contributed by atoms with Gasteiger partial charge in [0.15, 0.2) is 0 Å². The van der Waals surface area contributed by atoms with E-state index in [1.807, 2.05) is 6.07 Å². The molecule has 0 aromatic carbocycles. The van der Waals surface area contributed by atoms with E-state index in [1.165, 1.54) is 14.0 Å². The smallest absolute Gasteiger partial charge is 0.328 e. The van der Waals surface area contributed by atoms with E-state index >= 15 is 0 Å². The number of amides is 2. The Morgan fingerprint density at radius 3 is 2.25 bits per heavy atom. The highest BCUT2D eigenvalue weighted by molar-refractivity contribution is 5.90. The van der Waals surface area contributed by atoms with Crippen LogP contribution in [-0.2, 0) is 19.1 Å². The van der Waals surface area contributed by atoms with Gasteiger partial charge in [-0.2, -0.15) is 5.26 Å². The molecule has 2 N–H and O–H groups in total. The molecule has 0 unspecified atom stereocenters. The predicted molar refractivity (Wildman–Crippen MR) is 71.2 cm³/mol. The van der Waals surface area contributed by atoms with E-state index < -0.39 is 24.0 Å². The summed E-state index contributed by atoms with van der Waals surface area (Å²) >= 11 is 0. The number of ether oxygens (including phenoxy) is 1. The largest absolute Gasteiger partial charge is 0.467 e. The summed E-state index contributed by atoms with van der Waals surface area (Å²) in [6.07, 6.45) is 0.284. The first-order valence-electron chi connectivity index (χ1n) is 6.35. The number of hydrogen-bond donors (Lipinski definition) is 2. The number of methoxy groups -OCH3 is 1. The predicted octanol–water partition coefficient (Wildman–Crippen LogP) is 0.109. The molecule has 0 spiro atoms. The van der Waals surface area contributed by atoms with Crippen molar-refractivity contribution in [3.05, 3.63) is 0 Å². The Hall–Kier alpha value is -2.10. The molecule has 0 heterocycles. The lowest BCUT2D eigenvalue weighted by Crippen LogP contribution is -2.53. The zero-order valence-corrected chi connectivity index (χ0v) is 12.2. The van der Waals surface area contributed by atoms with E-state index in [1.54, 1.807) is 13.8 Å². The van der Waals surface area contributed by atoms with Gasteiger partial charge in [-0.1, -0.05) is 13.8 Å². The van der Waals surface area contributed by atoms with E-state index in [4.69, 9.17) is 5.26 Å². The summed E-state index contributed by atoms with van der Waals surface area (Å²) in [5.74, 6) is -1.54. The van der Waals surface area contributed by atoms with Crippen molar-refractivity contribution in [2.45, 2.75) is 45.7 Å². The van der Waals surface area contributed by atoms with Gasteiger partial charge in [0.05, 0.1) is 13.2 Å². The van der Waals surface area contributed by atoms with Crippen LogP contribution in [0.15, 0.2) is 0 Å². The molecule has 0 aromatic rings. The summed E-state index contributed by atoms with van der Waals surface area (Å²) in [5, 5.41) is 13.6. The monoisotopic (exact) mass is 283 g/mol. The van der Waals surface area contributed by atoms with Crippen LogP contribution in [0, 0.1) is 17.2 Å². The molecule has 0 radical (unpaired) electrons. The molecule has 0 aliphatic carbocycles. The standard InChI is InChI=1S/C13H21N3O4/c1-8(2)11(15-9(3)17)12(18)16-10(6-5-7-14)13(19)20-4/h8,10-11H,5-6H2,1-4H3,(H,15,17)(H,16,18)/t10-,11-/m1/s1. The molecule has 0 fully saturated rings. The van der Waals surface area contributed by atoms with Gasteiger partial charge in [0.25, 0.3) is 0 Å². The third-order valence-electron chi connectivity index (χ3n) is 2.65. The summed E-state index contributed by atoms with van der Waals surface area (Å²) in [6.45, 7) is 4.88. The van der Waals surface area contributed by atoms with Crippen molar-refractivity contribution in [2.75, 3.05) is 7.11 Å². The summed E-state index contributed by atoms with van der Waals surface area (Å²) < 4.78 is 4.58. The number of carbonyl (C=O) groups is 3. The zero-order valence-electron chi connectivity index (χ0n) is 12.2. The minimum absolute atomic E-state index is 0.118. The van der Waals surface area contributed by atoms with Gasteiger partial charge >= 0.3 is 5.97 Å². The number of nitrogens with one attached hydrogen (secondary N) is 2. The molecule has 2 atom stereocenters. The maximum Gasteiger partial charge on any atom is 0.328 e. The Bertz CT molecular complexity index is 401. The van der Waals surface area contributed by atoms with Crippen molar-refractivity contribution in [3.8, 4) is 6.07 Å². The number of hydrogen-bond acceptors (Lipinski definition) is 5. The van der Waals surface area contributed by atoms with Gasteiger partial charge in [-0.15, -0.1) is 0 Å².